The Morgan fingerprint density at radius 3 is 2.86 bits per heavy atom. The van der Waals surface area contributed by atoms with Crippen LogP contribution in [0.5, 0.6) is 0 Å². The van der Waals surface area contributed by atoms with E-state index in [2.05, 4.69) is 20.3 Å². The number of nitrogens with zero attached hydrogens (tertiary/aromatic N) is 3. The van der Waals surface area contributed by atoms with E-state index in [9.17, 15) is 4.79 Å². The van der Waals surface area contributed by atoms with Crippen LogP contribution in [0.15, 0.2) is 35.2 Å². The number of aryl methyl sites for hydroxylation is 1. The van der Waals surface area contributed by atoms with E-state index >= 15 is 0 Å². The second-order valence-corrected chi connectivity index (χ2v) is 6.26. The highest BCUT2D eigenvalue weighted by Gasteiger charge is 2.10. The van der Waals surface area contributed by atoms with Crippen LogP contribution in [-0.4, -0.2) is 20.9 Å². The molecule has 5 nitrogen and oxygen atoms in total. The first-order valence-electron chi connectivity index (χ1n) is 6.28. The van der Waals surface area contributed by atoms with Gasteiger partial charge in [0.25, 0.3) is 0 Å². The molecule has 0 aromatic carbocycles. The van der Waals surface area contributed by atoms with E-state index < -0.39 is 0 Å². The maximum Gasteiger partial charge on any atom is 0.231 e. The van der Waals surface area contributed by atoms with Crippen LogP contribution in [0.25, 0.3) is 10.7 Å². The number of amides is 1. The Morgan fingerprint density at radius 2 is 2.14 bits per heavy atom. The van der Waals surface area contributed by atoms with Crippen molar-refractivity contribution in [2.24, 2.45) is 0 Å². The molecule has 0 saturated heterocycles. The minimum Gasteiger partial charge on any atom is -0.310 e. The van der Waals surface area contributed by atoms with Crippen LogP contribution < -0.4 is 5.32 Å². The molecule has 3 heterocycles. The Kier molecular flexibility index (Phi) is 4.03. The Balaban J connectivity index is 1.66. The average molecular weight is 316 g/mol. The predicted molar refractivity (Wildman–Crippen MR) is 84.5 cm³/mol. The summed E-state index contributed by atoms with van der Waals surface area (Å²) in [5.41, 5.74) is 1.59. The smallest absolute Gasteiger partial charge is 0.231 e. The topological polar surface area (TPSA) is 67.8 Å². The Hall–Kier alpha value is -2.12. The van der Waals surface area contributed by atoms with Crippen LogP contribution in [-0.2, 0) is 11.2 Å². The van der Waals surface area contributed by atoms with Crippen LogP contribution in [0.4, 0.5) is 5.82 Å². The van der Waals surface area contributed by atoms with Gasteiger partial charge in [0, 0.05) is 17.0 Å². The van der Waals surface area contributed by atoms with Gasteiger partial charge in [0.05, 0.1) is 22.8 Å². The lowest BCUT2D eigenvalue weighted by Crippen LogP contribution is -2.14. The number of pyridine rings is 1. The van der Waals surface area contributed by atoms with E-state index in [0.717, 1.165) is 21.4 Å². The lowest BCUT2D eigenvalue weighted by atomic mass is 10.3. The first-order valence-corrected chi connectivity index (χ1v) is 8.04. The summed E-state index contributed by atoms with van der Waals surface area (Å²) in [4.78, 5) is 24.8. The summed E-state index contributed by atoms with van der Waals surface area (Å²) in [7, 11) is 0. The summed E-state index contributed by atoms with van der Waals surface area (Å²) in [6, 6.07) is 5.66. The fourth-order valence-corrected chi connectivity index (χ4v) is 3.12. The fraction of sp³-hybridized carbons (Fsp3) is 0.143. The molecule has 7 heteroatoms. The van der Waals surface area contributed by atoms with Crippen LogP contribution in [0.3, 0.4) is 0 Å². The van der Waals surface area contributed by atoms with Crippen LogP contribution in [0, 0.1) is 6.92 Å². The number of thiazole rings is 2. The monoisotopic (exact) mass is 316 g/mol. The molecule has 1 amide bonds. The SMILES string of the molecule is Cc1nc(CC(=O)Nc2csc(-c3ccccn3)n2)cs1. The molecule has 0 aliphatic heterocycles. The molecular formula is C14H12N4OS2. The molecule has 0 bridgehead atoms. The largest absolute Gasteiger partial charge is 0.310 e. The molecule has 21 heavy (non-hydrogen) atoms. The van der Waals surface area contributed by atoms with Gasteiger partial charge in [0.15, 0.2) is 0 Å². The van der Waals surface area contributed by atoms with Gasteiger partial charge in [-0.1, -0.05) is 6.07 Å². The standard InChI is InChI=1S/C14H12N4OS2/c1-9-16-10(7-20-9)6-13(19)17-12-8-21-14(18-12)11-4-2-3-5-15-11/h2-5,7-8H,6H2,1H3,(H,17,19). The third-order valence-corrected chi connectivity index (χ3v) is 4.35. The predicted octanol–water partition coefficient (Wildman–Crippen LogP) is 3.15. The van der Waals surface area contributed by atoms with Crippen LogP contribution in [0.1, 0.15) is 10.7 Å². The quantitative estimate of drug-likeness (QED) is 0.803. The van der Waals surface area contributed by atoms with Gasteiger partial charge in [-0.3, -0.25) is 9.78 Å². The summed E-state index contributed by atoms with van der Waals surface area (Å²) in [5, 5.41) is 8.25. The number of nitrogens with one attached hydrogen (secondary N) is 1. The average Bonchev–Trinajstić information content (AvgIpc) is 3.09. The van der Waals surface area contributed by atoms with E-state index in [4.69, 9.17) is 0 Å². The van der Waals surface area contributed by atoms with Gasteiger partial charge in [-0.25, -0.2) is 9.97 Å². The summed E-state index contributed by atoms with van der Waals surface area (Å²) >= 11 is 2.99. The van der Waals surface area contributed by atoms with E-state index in [1.807, 2.05) is 35.9 Å². The highest BCUT2D eigenvalue weighted by molar-refractivity contribution is 7.13. The molecule has 3 aromatic heterocycles. The van der Waals surface area contributed by atoms with Crippen LogP contribution >= 0.6 is 22.7 Å². The number of rotatable bonds is 4. The van der Waals surface area contributed by atoms with Gasteiger partial charge in [-0.15, -0.1) is 22.7 Å². The van der Waals surface area contributed by atoms with Crippen LogP contribution in [0.2, 0.25) is 0 Å². The minimum absolute atomic E-state index is 0.113. The molecule has 0 atom stereocenters. The Morgan fingerprint density at radius 1 is 1.24 bits per heavy atom. The van der Waals surface area contributed by atoms with Gasteiger partial charge in [-0.05, 0) is 19.1 Å². The first kappa shape index (κ1) is 13.8. The Labute approximate surface area is 129 Å². The van der Waals surface area contributed by atoms with Crippen molar-refractivity contribution in [3.05, 3.63) is 45.9 Å². The zero-order valence-electron chi connectivity index (χ0n) is 11.2. The third-order valence-electron chi connectivity index (χ3n) is 2.66. The van der Waals surface area contributed by atoms with Crippen molar-refractivity contribution in [3.8, 4) is 10.7 Å². The van der Waals surface area contributed by atoms with Gasteiger partial charge in [0.1, 0.15) is 10.8 Å². The van der Waals surface area contributed by atoms with Gasteiger partial charge < -0.3 is 5.32 Å². The molecule has 0 radical (unpaired) electrons. The van der Waals surface area contributed by atoms with Gasteiger partial charge in [0.2, 0.25) is 5.91 Å². The molecule has 0 fully saturated rings. The van der Waals surface area contributed by atoms with Gasteiger partial charge in [-0.2, -0.15) is 0 Å². The highest BCUT2D eigenvalue weighted by Crippen LogP contribution is 2.23. The van der Waals surface area contributed by atoms with E-state index in [0.29, 0.717) is 5.82 Å². The van der Waals surface area contributed by atoms with Gasteiger partial charge >= 0.3 is 0 Å². The minimum atomic E-state index is -0.113. The molecular weight excluding hydrogens is 304 g/mol. The number of aromatic nitrogens is 3. The number of carbonyl (C=O) groups excluding carboxylic acids is 1. The molecule has 0 aliphatic rings. The van der Waals surface area contributed by atoms with E-state index in [-0.39, 0.29) is 12.3 Å². The maximum absolute atomic E-state index is 11.9. The second kappa shape index (κ2) is 6.11. The zero-order valence-corrected chi connectivity index (χ0v) is 12.9. The van der Waals surface area contributed by atoms with Crippen molar-refractivity contribution in [3.63, 3.8) is 0 Å². The second-order valence-electron chi connectivity index (χ2n) is 4.34. The van der Waals surface area contributed by atoms with E-state index in [1.54, 1.807) is 17.5 Å². The Bertz CT molecular complexity index is 751. The fourth-order valence-electron chi connectivity index (χ4n) is 1.78. The summed E-state index contributed by atoms with van der Waals surface area (Å²) in [5.74, 6) is 0.441. The summed E-state index contributed by atoms with van der Waals surface area (Å²) in [6.45, 7) is 1.92. The molecule has 1 N–H and O–H groups in total. The molecule has 0 spiro atoms. The highest BCUT2D eigenvalue weighted by atomic mass is 32.1. The number of carbonyl (C=O) groups is 1. The maximum atomic E-state index is 11.9. The number of hydrogen-bond donors (Lipinski definition) is 1. The molecule has 0 aliphatic carbocycles. The number of hydrogen-bond acceptors (Lipinski definition) is 6. The molecule has 106 valence electrons. The zero-order chi connectivity index (χ0) is 14.7. The molecule has 3 aromatic rings. The van der Waals surface area contributed by atoms with Crippen molar-refractivity contribution in [2.45, 2.75) is 13.3 Å². The molecule has 3 rings (SSSR count). The molecule has 0 unspecified atom stereocenters. The van der Waals surface area contributed by atoms with Crippen molar-refractivity contribution >= 4 is 34.4 Å². The summed E-state index contributed by atoms with van der Waals surface area (Å²) < 4.78 is 0. The third kappa shape index (κ3) is 3.50. The number of anilines is 1. The van der Waals surface area contributed by atoms with E-state index in [1.165, 1.54) is 11.3 Å². The van der Waals surface area contributed by atoms with Crippen molar-refractivity contribution in [1.29, 1.82) is 0 Å². The van der Waals surface area contributed by atoms with Crippen molar-refractivity contribution in [2.75, 3.05) is 5.32 Å². The normalized spacial score (nSPS) is 10.5. The van der Waals surface area contributed by atoms with Crippen molar-refractivity contribution in [1.82, 2.24) is 15.0 Å². The molecule has 0 saturated carbocycles. The summed E-state index contributed by atoms with van der Waals surface area (Å²) in [6.07, 6.45) is 1.99. The van der Waals surface area contributed by atoms with Crippen molar-refractivity contribution < 1.29 is 4.79 Å². The first-order chi connectivity index (χ1) is 10.2. The lowest BCUT2D eigenvalue weighted by molar-refractivity contribution is -0.115. The lowest BCUT2D eigenvalue weighted by Gasteiger charge is -1.99.